The van der Waals surface area contributed by atoms with Crippen molar-refractivity contribution in [1.82, 2.24) is 5.32 Å². The number of carbonyl (C=O) groups excluding carboxylic acids is 3. The minimum atomic E-state index is -1.18. The molecule has 160 valence electrons. The number of para-hydroxylation sites is 1. The summed E-state index contributed by atoms with van der Waals surface area (Å²) < 4.78 is 24.0. The molecule has 2 aromatic rings. The Morgan fingerprint density at radius 1 is 0.967 bits per heavy atom. The van der Waals surface area contributed by atoms with Gasteiger partial charge < -0.3 is 20.1 Å². The van der Waals surface area contributed by atoms with Gasteiger partial charge in [-0.05, 0) is 49.2 Å². The minimum absolute atomic E-state index is 0.0152. The SMILES string of the molecule is COc1ccc(C(=O)N[C@H](C(=O)O[C@@H](C)C(=O)Nc2ccccc2F)C(C)C)cc1. The number of halogens is 1. The Kier molecular flexibility index (Phi) is 7.91. The summed E-state index contributed by atoms with van der Waals surface area (Å²) >= 11 is 0. The summed E-state index contributed by atoms with van der Waals surface area (Å²) in [4.78, 5) is 37.3. The minimum Gasteiger partial charge on any atom is -0.497 e. The molecule has 0 saturated heterocycles. The molecule has 30 heavy (non-hydrogen) atoms. The van der Waals surface area contributed by atoms with Crippen LogP contribution in [0.5, 0.6) is 5.75 Å². The molecule has 7 nitrogen and oxygen atoms in total. The molecule has 0 unspecified atom stereocenters. The molecule has 0 spiro atoms. The van der Waals surface area contributed by atoms with Gasteiger partial charge in [0.15, 0.2) is 6.10 Å². The second-order valence-corrected chi connectivity index (χ2v) is 6.97. The molecular weight excluding hydrogens is 391 g/mol. The highest BCUT2D eigenvalue weighted by molar-refractivity contribution is 5.98. The van der Waals surface area contributed by atoms with Crippen molar-refractivity contribution < 1.29 is 28.2 Å². The largest absolute Gasteiger partial charge is 0.497 e. The number of benzene rings is 2. The number of rotatable bonds is 8. The van der Waals surface area contributed by atoms with Gasteiger partial charge in [0, 0.05) is 5.56 Å². The van der Waals surface area contributed by atoms with Gasteiger partial charge in [-0.15, -0.1) is 0 Å². The van der Waals surface area contributed by atoms with E-state index in [1.807, 2.05) is 0 Å². The van der Waals surface area contributed by atoms with Crippen molar-refractivity contribution >= 4 is 23.5 Å². The molecule has 0 aliphatic heterocycles. The number of amides is 2. The van der Waals surface area contributed by atoms with E-state index < -0.39 is 35.7 Å². The maximum Gasteiger partial charge on any atom is 0.329 e. The van der Waals surface area contributed by atoms with Crippen LogP contribution >= 0.6 is 0 Å². The molecule has 0 aliphatic rings. The standard InChI is InChI=1S/C22H25FN2O5/c1-13(2)19(25-21(27)15-9-11-16(29-4)12-10-15)22(28)30-14(3)20(26)24-18-8-6-5-7-17(18)23/h5-14,19H,1-4H3,(H,24,26)(H,25,27)/t14-,19-/m0/s1. The second kappa shape index (κ2) is 10.4. The van der Waals surface area contributed by atoms with Crippen molar-refractivity contribution in [3.05, 3.63) is 59.9 Å². The van der Waals surface area contributed by atoms with E-state index >= 15 is 0 Å². The average Bonchev–Trinajstić information content (AvgIpc) is 2.73. The summed E-state index contributed by atoms with van der Waals surface area (Å²) in [7, 11) is 1.52. The van der Waals surface area contributed by atoms with Crippen LogP contribution in [0.2, 0.25) is 0 Å². The van der Waals surface area contributed by atoms with Crippen LogP contribution in [0.15, 0.2) is 48.5 Å². The summed E-state index contributed by atoms with van der Waals surface area (Å²) in [5.74, 6) is -2.20. The van der Waals surface area contributed by atoms with Crippen molar-refractivity contribution in [2.75, 3.05) is 12.4 Å². The zero-order valence-corrected chi connectivity index (χ0v) is 17.3. The van der Waals surface area contributed by atoms with Crippen molar-refractivity contribution in [2.24, 2.45) is 5.92 Å². The lowest BCUT2D eigenvalue weighted by Gasteiger charge is -2.23. The monoisotopic (exact) mass is 416 g/mol. The van der Waals surface area contributed by atoms with Gasteiger partial charge in [-0.3, -0.25) is 9.59 Å². The highest BCUT2D eigenvalue weighted by Crippen LogP contribution is 2.15. The first-order valence-corrected chi connectivity index (χ1v) is 9.43. The Bertz CT molecular complexity index is 899. The Labute approximate surface area is 174 Å². The quantitative estimate of drug-likeness (QED) is 0.645. The third-order valence-corrected chi connectivity index (χ3v) is 4.35. The topological polar surface area (TPSA) is 93.7 Å². The van der Waals surface area contributed by atoms with E-state index in [0.29, 0.717) is 11.3 Å². The number of hydrogen-bond donors (Lipinski definition) is 2. The van der Waals surface area contributed by atoms with Crippen molar-refractivity contribution in [1.29, 1.82) is 0 Å². The molecule has 2 rings (SSSR count). The summed E-state index contributed by atoms with van der Waals surface area (Å²) in [6, 6.07) is 11.1. The number of ether oxygens (including phenoxy) is 2. The number of carbonyl (C=O) groups is 3. The molecule has 2 atom stereocenters. The van der Waals surface area contributed by atoms with Gasteiger partial charge in [0.2, 0.25) is 0 Å². The highest BCUT2D eigenvalue weighted by atomic mass is 19.1. The molecule has 2 amide bonds. The molecule has 0 aliphatic carbocycles. The predicted octanol–water partition coefficient (Wildman–Crippen LogP) is 3.16. The van der Waals surface area contributed by atoms with Crippen LogP contribution in [-0.2, 0) is 14.3 Å². The third-order valence-electron chi connectivity index (χ3n) is 4.35. The number of hydrogen-bond acceptors (Lipinski definition) is 5. The molecular formula is C22H25FN2O5. The van der Waals surface area contributed by atoms with Crippen molar-refractivity contribution in [2.45, 2.75) is 32.9 Å². The summed E-state index contributed by atoms with van der Waals surface area (Å²) in [6.45, 7) is 4.85. The number of methoxy groups -OCH3 is 1. The first kappa shape index (κ1) is 22.9. The van der Waals surface area contributed by atoms with E-state index in [4.69, 9.17) is 9.47 Å². The molecule has 0 heterocycles. The van der Waals surface area contributed by atoms with E-state index in [2.05, 4.69) is 10.6 Å². The van der Waals surface area contributed by atoms with Crippen LogP contribution in [0.1, 0.15) is 31.1 Å². The maximum absolute atomic E-state index is 13.7. The molecule has 0 bridgehead atoms. The van der Waals surface area contributed by atoms with Gasteiger partial charge >= 0.3 is 5.97 Å². The Balaban J connectivity index is 2.00. The smallest absolute Gasteiger partial charge is 0.329 e. The Morgan fingerprint density at radius 3 is 2.17 bits per heavy atom. The fourth-order valence-electron chi connectivity index (χ4n) is 2.56. The lowest BCUT2D eigenvalue weighted by Crippen LogP contribution is -2.47. The van der Waals surface area contributed by atoms with Gasteiger partial charge in [-0.25, -0.2) is 9.18 Å². The van der Waals surface area contributed by atoms with E-state index in [-0.39, 0.29) is 11.6 Å². The molecule has 0 radical (unpaired) electrons. The van der Waals surface area contributed by atoms with Crippen LogP contribution in [0.4, 0.5) is 10.1 Å². The van der Waals surface area contributed by atoms with Crippen LogP contribution in [0.3, 0.4) is 0 Å². The second-order valence-electron chi connectivity index (χ2n) is 6.97. The van der Waals surface area contributed by atoms with Gasteiger partial charge in [0.05, 0.1) is 12.8 Å². The van der Waals surface area contributed by atoms with Gasteiger partial charge in [-0.1, -0.05) is 26.0 Å². The first-order chi connectivity index (χ1) is 14.2. The zero-order valence-electron chi connectivity index (χ0n) is 17.3. The molecule has 2 aromatic carbocycles. The van der Waals surface area contributed by atoms with Gasteiger partial charge in [0.25, 0.3) is 11.8 Å². The number of anilines is 1. The Morgan fingerprint density at radius 2 is 1.60 bits per heavy atom. The lowest BCUT2D eigenvalue weighted by atomic mass is 10.0. The van der Waals surface area contributed by atoms with E-state index in [9.17, 15) is 18.8 Å². The molecule has 0 saturated carbocycles. The summed E-state index contributed by atoms with van der Waals surface area (Å²) in [5.41, 5.74) is 0.332. The molecule has 0 fully saturated rings. The fraction of sp³-hybridized carbons (Fsp3) is 0.318. The summed E-state index contributed by atoms with van der Waals surface area (Å²) in [5, 5.41) is 5.00. The highest BCUT2D eigenvalue weighted by Gasteiger charge is 2.29. The Hall–Kier alpha value is -3.42. The van der Waals surface area contributed by atoms with Crippen LogP contribution in [0, 0.1) is 11.7 Å². The van der Waals surface area contributed by atoms with Crippen LogP contribution < -0.4 is 15.4 Å². The number of nitrogens with one attached hydrogen (secondary N) is 2. The first-order valence-electron chi connectivity index (χ1n) is 9.43. The van der Waals surface area contributed by atoms with Crippen LogP contribution in [0.25, 0.3) is 0 Å². The average molecular weight is 416 g/mol. The molecule has 0 aromatic heterocycles. The van der Waals surface area contributed by atoms with Gasteiger partial charge in [0.1, 0.15) is 17.6 Å². The molecule has 8 heteroatoms. The van der Waals surface area contributed by atoms with Gasteiger partial charge in [-0.2, -0.15) is 0 Å². The third kappa shape index (κ3) is 6.04. The lowest BCUT2D eigenvalue weighted by molar-refractivity contribution is -0.156. The maximum atomic E-state index is 13.7. The van der Waals surface area contributed by atoms with E-state index in [1.54, 1.807) is 44.2 Å². The normalized spacial score (nSPS) is 12.6. The molecule has 2 N–H and O–H groups in total. The number of esters is 1. The van der Waals surface area contributed by atoms with Crippen molar-refractivity contribution in [3.63, 3.8) is 0 Å². The zero-order chi connectivity index (χ0) is 22.3. The summed E-state index contributed by atoms with van der Waals surface area (Å²) in [6.07, 6.45) is -1.18. The van der Waals surface area contributed by atoms with E-state index in [1.165, 1.54) is 32.2 Å². The predicted molar refractivity (Wildman–Crippen MR) is 110 cm³/mol. The van der Waals surface area contributed by atoms with Crippen LogP contribution in [-0.4, -0.2) is 37.0 Å². The van der Waals surface area contributed by atoms with Crippen molar-refractivity contribution in [3.8, 4) is 5.75 Å². The van der Waals surface area contributed by atoms with E-state index in [0.717, 1.165) is 0 Å². The fourth-order valence-corrected chi connectivity index (χ4v) is 2.56.